The Bertz CT molecular complexity index is 793. The van der Waals surface area contributed by atoms with Crippen LogP contribution in [0.3, 0.4) is 0 Å². The van der Waals surface area contributed by atoms with Crippen LogP contribution in [0.1, 0.15) is 40.3 Å². The largest absolute Gasteiger partial charge is 0.459 e. The lowest BCUT2D eigenvalue weighted by Gasteiger charge is -2.35. The van der Waals surface area contributed by atoms with Crippen LogP contribution in [0.2, 0.25) is 0 Å². The number of hydrogen-bond acceptors (Lipinski definition) is 6. The Balaban J connectivity index is 1.40. The van der Waals surface area contributed by atoms with Gasteiger partial charge in [0.2, 0.25) is 0 Å². The Morgan fingerprint density at radius 2 is 1.63 bits per heavy atom. The molecule has 8 nitrogen and oxygen atoms in total. The van der Waals surface area contributed by atoms with Crippen LogP contribution in [0.5, 0.6) is 0 Å². The minimum absolute atomic E-state index is 0.0232. The monoisotopic (exact) mass is 369 g/mol. The third kappa shape index (κ3) is 3.79. The SMILES string of the molecule is O=C(c1cc(N2CCN(C(=O)c3ccco3)CC2)ncn1)N1CCCCC1. The number of anilines is 1. The molecule has 0 unspecified atom stereocenters. The van der Waals surface area contributed by atoms with Crippen molar-refractivity contribution in [3.05, 3.63) is 42.2 Å². The summed E-state index contributed by atoms with van der Waals surface area (Å²) < 4.78 is 5.19. The summed E-state index contributed by atoms with van der Waals surface area (Å²) in [7, 11) is 0. The molecule has 2 aliphatic rings. The number of hydrogen-bond donors (Lipinski definition) is 0. The van der Waals surface area contributed by atoms with Crippen molar-refractivity contribution in [3.8, 4) is 0 Å². The minimum atomic E-state index is -0.0942. The van der Waals surface area contributed by atoms with Crippen molar-refractivity contribution in [2.24, 2.45) is 0 Å². The lowest BCUT2D eigenvalue weighted by atomic mass is 10.1. The molecule has 2 amide bonds. The van der Waals surface area contributed by atoms with Crippen LogP contribution in [0, 0.1) is 0 Å². The molecule has 2 aliphatic heterocycles. The number of piperidine rings is 1. The number of likely N-dealkylation sites (tertiary alicyclic amines) is 1. The summed E-state index contributed by atoms with van der Waals surface area (Å²) >= 11 is 0. The first-order valence-electron chi connectivity index (χ1n) is 9.41. The minimum Gasteiger partial charge on any atom is -0.459 e. The van der Waals surface area contributed by atoms with Gasteiger partial charge in [0.1, 0.15) is 17.8 Å². The van der Waals surface area contributed by atoms with Crippen LogP contribution in [0.15, 0.2) is 35.2 Å². The molecular formula is C19H23N5O3. The first kappa shape index (κ1) is 17.5. The molecule has 0 aromatic carbocycles. The number of nitrogens with zero attached hydrogens (tertiary/aromatic N) is 5. The Labute approximate surface area is 157 Å². The predicted molar refractivity (Wildman–Crippen MR) is 98.6 cm³/mol. The van der Waals surface area contributed by atoms with Gasteiger partial charge in [-0.25, -0.2) is 9.97 Å². The molecule has 0 spiro atoms. The van der Waals surface area contributed by atoms with Gasteiger partial charge in [-0.2, -0.15) is 0 Å². The fourth-order valence-corrected chi connectivity index (χ4v) is 3.59. The average Bonchev–Trinajstić information content (AvgIpc) is 3.28. The van der Waals surface area contributed by atoms with E-state index in [1.165, 1.54) is 19.0 Å². The normalized spacial score (nSPS) is 17.9. The molecule has 2 saturated heterocycles. The Morgan fingerprint density at radius 3 is 2.33 bits per heavy atom. The molecule has 2 aromatic heterocycles. The van der Waals surface area contributed by atoms with Crippen LogP contribution in [0.25, 0.3) is 0 Å². The maximum absolute atomic E-state index is 12.7. The van der Waals surface area contributed by atoms with E-state index in [1.807, 2.05) is 4.90 Å². The summed E-state index contributed by atoms with van der Waals surface area (Å²) in [6, 6.07) is 5.16. The zero-order valence-electron chi connectivity index (χ0n) is 15.2. The summed E-state index contributed by atoms with van der Waals surface area (Å²) in [5, 5.41) is 0. The Morgan fingerprint density at radius 1 is 0.889 bits per heavy atom. The van der Waals surface area contributed by atoms with Crippen molar-refractivity contribution < 1.29 is 14.0 Å². The van der Waals surface area contributed by atoms with Gasteiger partial charge in [0.25, 0.3) is 11.8 Å². The highest BCUT2D eigenvalue weighted by Gasteiger charge is 2.25. The molecule has 0 aliphatic carbocycles. The number of carbonyl (C=O) groups excluding carboxylic acids is 2. The highest BCUT2D eigenvalue weighted by Crippen LogP contribution is 2.18. The van der Waals surface area contributed by atoms with Gasteiger partial charge in [0.05, 0.1) is 6.26 Å². The molecule has 0 radical (unpaired) electrons. The summed E-state index contributed by atoms with van der Waals surface area (Å²) in [6.45, 7) is 4.07. The van der Waals surface area contributed by atoms with Gasteiger partial charge in [-0.1, -0.05) is 0 Å². The lowest BCUT2D eigenvalue weighted by Crippen LogP contribution is -2.49. The van der Waals surface area contributed by atoms with E-state index < -0.39 is 0 Å². The number of furan rings is 1. The molecule has 0 saturated carbocycles. The molecule has 4 rings (SSSR count). The number of aromatic nitrogens is 2. The Hall–Kier alpha value is -2.90. The summed E-state index contributed by atoms with van der Waals surface area (Å²) in [6.07, 6.45) is 6.24. The quantitative estimate of drug-likeness (QED) is 0.818. The molecule has 142 valence electrons. The topological polar surface area (TPSA) is 82.8 Å². The van der Waals surface area contributed by atoms with Crippen molar-refractivity contribution in [1.29, 1.82) is 0 Å². The third-order valence-electron chi connectivity index (χ3n) is 5.14. The van der Waals surface area contributed by atoms with Crippen molar-refractivity contribution in [2.75, 3.05) is 44.2 Å². The fraction of sp³-hybridized carbons (Fsp3) is 0.474. The average molecular weight is 369 g/mol. The van der Waals surface area contributed by atoms with Crippen LogP contribution in [-0.4, -0.2) is 70.9 Å². The van der Waals surface area contributed by atoms with E-state index in [0.717, 1.165) is 31.7 Å². The fourth-order valence-electron chi connectivity index (χ4n) is 3.59. The van der Waals surface area contributed by atoms with Gasteiger partial charge in [-0.3, -0.25) is 9.59 Å². The van der Waals surface area contributed by atoms with Gasteiger partial charge >= 0.3 is 0 Å². The van der Waals surface area contributed by atoms with Gasteiger partial charge < -0.3 is 19.1 Å². The van der Waals surface area contributed by atoms with E-state index in [-0.39, 0.29) is 11.8 Å². The second-order valence-corrected chi connectivity index (χ2v) is 6.87. The third-order valence-corrected chi connectivity index (χ3v) is 5.14. The van der Waals surface area contributed by atoms with Crippen LogP contribution in [-0.2, 0) is 0 Å². The van der Waals surface area contributed by atoms with Crippen LogP contribution < -0.4 is 4.90 Å². The highest BCUT2D eigenvalue weighted by molar-refractivity contribution is 5.93. The van der Waals surface area contributed by atoms with Gasteiger partial charge in [0, 0.05) is 45.3 Å². The first-order chi connectivity index (χ1) is 13.2. The van der Waals surface area contributed by atoms with E-state index in [9.17, 15) is 9.59 Å². The molecule has 27 heavy (non-hydrogen) atoms. The molecular weight excluding hydrogens is 346 g/mol. The Kier molecular flexibility index (Phi) is 5.04. The number of piperazine rings is 1. The predicted octanol–water partition coefficient (Wildman–Crippen LogP) is 1.66. The number of amides is 2. The molecule has 2 aromatic rings. The zero-order valence-corrected chi connectivity index (χ0v) is 15.2. The van der Waals surface area contributed by atoms with Crippen LogP contribution in [0.4, 0.5) is 5.82 Å². The van der Waals surface area contributed by atoms with E-state index in [1.54, 1.807) is 23.1 Å². The van der Waals surface area contributed by atoms with Gasteiger partial charge in [-0.05, 0) is 31.4 Å². The zero-order chi connectivity index (χ0) is 18.6. The lowest BCUT2D eigenvalue weighted by molar-refractivity contribution is 0.0711. The summed E-state index contributed by atoms with van der Waals surface area (Å²) in [5.41, 5.74) is 0.441. The molecule has 4 heterocycles. The van der Waals surface area contributed by atoms with E-state index >= 15 is 0 Å². The highest BCUT2D eigenvalue weighted by atomic mass is 16.3. The molecule has 0 atom stereocenters. The molecule has 8 heteroatoms. The smallest absolute Gasteiger partial charge is 0.289 e. The van der Waals surface area contributed by atoms with Crippen molar-refractivity contribution in [2.45, 2.75) is 19.3 Å². The maximum Gasteiger partial charge on any atom is 0.289 e. The number of rotatable bonds is 3. The van der Waals surface area contributed by atoms with Gasteiger partial charge in [0.15, 0.2) is 5.76 Å². The molecule has 2 fully saturated rings. The maximum atomic E-state index is 12.7. The second-order valence-electron chi connectivity index (χ2n) is 6.87. The molecule has 0 bridgehead atoms. The van der Waals surface area contributed by atoms with E-state index in [0.29, 0.717) is 37.6 Å². The van der Waals surface area contributed by atoms with Crippen LogP contribution >= 0.6 is 0 Å². The van der Waals surface area contributed by atoms with Crippen molar-refractivity contribution in [3.63, 3.8) is 0 Å². The standard InChI is InChI=1S/C19H23N5O3/c25-18(23-6-2-1-3-7-23)15-13-17(21-14-20-15)22-8-10-24(11-9-22)19(26)16-5-4-12-27-16/h4-5,12-14H,1-3,6-11H2. The molecule has 0 N–H and O–H groups in total. The van der Waals surface area contributed by atoms with Crippen molar-refractivity contribution in [1.82, 2.24) is 19.8 Å². The second kappa shape index (κ2) is 7.77. The van der Waals surface area contributed by atoms with Crippen molar-refractivity contribution >= 4 is 17.6 Å². The van der Waals surface area contributed by atoms with Gasteiger partial charge in [-0.15, -0.1) is 0 Å². The van der Waals surface area contributed by atoms with E-state index in [4.69, 9.17) is 4.42 Å². The van der Waals surface area contributed by atoms with E-state index in [2.05, 4.69) is 14.9 Å². The summed E-state index contributed by atoms with van der Waals surface area (Å²) in [5.74, 6) is 0.976. The number of carbonyl (C=O) groups is 2. The first-order valence-corrected chi connectivity index (χ1v) is 9.41. The summed E-state index contributed by atoms with van der Waals surface area (Å²) in [4.78, 5) is 39.3.